The van der Waals surface area contributed by atoms with E-state index in [9.17, 15) is 10.1 Å². The number of piperidine rings is 1. The van der Waals surface area contributed by atoms with Crippen molar-refractivity contribution in [2.24, 2.45) is 0 Å². The van der Waals surface area contributed by atoms with E-state index in [1.165, 1.54) is 11.8 Å². The highest BCUT2D eigenvalue weighted by Gasteiger charge is 2.23. The molecular formula is C16H20N6O2. The van der Waals surface area contributed by atoms with Crippen LogP contribution in [0.15, 0.2) is 30.5 Å². The Balaban J connectivity index is 1.61. The summed E-state index contributed by atoms with van der Waals surface area (Å²) >= 11 is 0. The zero-order chi connectivity index (χ0) is 17.1. The Kier molecular flexibility index (Phi) is 4.45. The second-order valence-corrected chi connectivity index (χ2v) is 5.97. The van der Waals surface area contributed by atoms with Crippen LogP contribution in [0.1, 0.15) is 18.4 Å². The van der Waals surface area contributed by atoms with Crippen molar-refractivity contribution in [3.05, 3.63) is 46.1 Å². The fourth-order valence-corrected chi connectivity index (χ4v) is 2.87. The molecule has 1 aliphatic heterocycles. The first kappa shape index (κ1) is 16.0. The van der Waals surface area contributed by atoms with Crippen LogP contribution in [0.3, 0.4) is 0 Å². The zero-order valence-electron chi connectivity index (χ0n) is 13.5. The summed E-state index contributed by atoms with van der Waals surface area (Å²) < 4.78 is 0. The molecule has 1 aliphatic rings. The third-order valence-corrected chi connectivity index (χ3v) is 4.15. The molecule has 1 fully saturated rings. The highest BCUT2D eigenvalue weighted by atomic mass is 16.6. The third-order valence-electron chi connectivity index (χ3n) is 4.15. The van der Waals surface area contributed by atoms with Gasteiger partial charge in [-0.15, -0.1) is 0 Å². The number of nitrogen functional groups attached to an aromatic ring is 1. The molecule has 24 heavy (non-hydrogen) atoms. The van der Waals surface area contributed by atoms with E-state index in [0.29, 0.717) is 12.0 Å². The second-order valence-electron chi connectivity index (χ2n) is 5.97. The van der Waals surface area contributed by atoms with Crippen molar-refractivity contribution in [3.8, 4) is 0 Å². The fraction of sp³-hybridized carbons (Fsp3) is 0.375. The molecule has 0 spiro atoms. The van der Waals surface area contributed by atoms with Gasteiger partial charge in [0.05, 0.1) is 4.92 Å². The molecule has 2 aromatic rings. The molecule has 8 heteroatoms. The molecule has 3 N–H and O–H groups in total. The predicted octanol–water partition coefficient (Wildman–Crippen LogP) is 2.36. The van der Waals surface area contributed by atoms with Crippen molar-refractivity contribution in [2.45, 2.75) is 25.8 Å². The van der Waals surface area contributed by atoms with Crippen molar-refractivity contribution in [2.75, 3.05) is 29.0 Å². The fourth-order valence-electron chi connectivity index (χ4n) is 2.87. The molecule has 1 aromatic heterocycles. The van der Waals surface area contributed by atoms with Crippen molar-refractivity contribution < 1.29 is 4.92 Å². The van der Waals surface area contributed by atoms with E-state index in [1.807, 2.05) is 11.0 Å². The van der Waals surface area contributed by atoms with E-state index in [1.54, 1.807) is 0 Å². The van der Waals surface area contributed by atoms with Crippen LogP contribution in [0.5, 0.6) is 0 Å². The Hall–Kier alpha value is -2.90. The first-order valence-corrected chi connectivity index (χ1v) is 7.88. The number of hydrogen-bond donors (Lipinski definition) is 2. The Morgan fingerprint density at radius 3 is 2.75 bits per heavy atom. The standard InChI is InChI=1S/C16H20N6O2/c1-11-3-2-4-13(9-11)19-12-5-7-21(8-6-12)16-18-10-14(22(23)24)15(17)20-16/h2-4,9-10,12,19H,5-8H2,1H3,(H2,17,18,20). The molecule has 0 bridgehead atoms. The molecule has 8 nitrogen and oxygen atoms in total. The highest BCUT2D eigenvalue weighted by molar-refractivity contribution is 5.54. The number of nitrogens with two attached hydrogens (primary N) is 1. The van der Waals surface area contributed by atoms with E-state index < -0.39 is 4.92 Å². The average Bonchev–Trinajstić information content (AvgIpc) is 2.55. The largest absolute Gasteiger partial charge is 0.382 e. The van der Waals surface area contributed by atoms with Crippen LogP contribution in [0, 0.1) is 17.0 Å². The van der Waals surface area contributed by atoms with Gasteiger partial charge in [0.15, 0.2) is 0 Å². The lowest BCUT2D eigenvalue weighted by Gasteiger charge is -2.32. The summed E-state index contributed by atoms with van der Waals surface area (Å²) in [4.78, 5) is 20.4. The average molecular weight is 328 g/mol. The number of anilines is 3. The summed E-state index contributed by atoms with van der Waals surface area (Å²) in [6, 6.07) is 8.70. The van der Waals surface area contributed by atoms with Gasteiger partial charge in [-0.3, -0.25) is 10.1 Å². The normalized spacial score (nSPS) is 15.3. The highest BCUT2D eigenvalue weighted by Crippen LogP contribution is 2.23. The molecule has 0 atom stereocenters. The number of aromatic nitrogens is 2. The lowest BCUT2D eigenvalue weighted by atomic mass is 10.0. The molecule has 0 aliphatic carbocycles. The van der Waals surface area contributed by atoms with Crippen molar-refractivity contribution in [3.63, 3.8) is 0 Å². The van der Waals surface area contributed by atoms with Crippen LogP contribution < -0.4 is 16.0 Å². The van der Waals surface area contributed by atoms with Gasteiger partial charge in [-0.2, -0.15) is 4.98 Å². The van der Waals surface area contributed by atoms with Crippen LogP contribution >= 0.6 is 0 Å². The maximum absolute atomic E-state index is 10.8. The molecule has 0 amide bonds. The summed E-state index contributed by atoms with van der Waals surface area (Å²) in [5, 5.41) is 14.3. The van der Waals surface area contributed by atoms with Crippen molar-refractivity contribution in [1.29, 1.82) is 0 Å². The summed E-state index contributed by atoms with van der Waals surface area (Å²) in [5.41, 5.74) is 7.74. The Morgan fingerprint density at radius 2 is 2.12 bits per heavy atom. The van der Waals surface area contributed by atoms with E-state index in [-0.39, 0.29) is 11.5 Å². The molecule has 0 saturated carbocycles. The molecule has 1 saturated heterocycles. The minimum atomic E-state index is -0.572. The van der Waals surface area contributed by atoms with Crippen LogP contribution in [0.4, 0.5) is 23.1 Å². The number of nitrogens with zero attached hydrogens (tertiary/aromatic N) is 4. The summed E-state index contributed by atoms with van der Waals surface area (Å²) in [6.07, 6.45) is 3.05. The summed E-state index contributed by atoms with van der Waals surface area (Å²) in [6.45, 7) is 3.63. The molecule has 0 radical (unpaired) electrons. The van der Waals surface area contributed by atoms with Gasteiger partial charge in [0, 0.05) is 24.8 Å². The first-order chi connectivity index (χ1) is 11.5. The SMILES string of the molecule is Cc1cccc(NC2CCN(c3ncc([N+](=O)[O-])c(N)n3)CC2)c1. The van der Waals surface area contributed by atoms with E-state index in [0.717, 1.165) is 31.6 Å². The minimum absolute atomic E-state index is 0.0926. The summed E-state index contributed by atoms with van der Waals surface area (Å²) in [7, 11) is 0. The number of hydrogen-bond acceptors (Lipinski definition) is 7. The first-order valence-electron chi connectivity index (χ1n) is 7.88. The third kappa shape index (κ3) is 3.53. The molecular weight excluding hydrogens is 308 g/mol. The van der Waals surface area contributed by atoms with Gasteiger partial charge in [0.25, 0.3) is 0 Å². The Bertz CT molecular complexity index is 743. The molecule has 0 unspecified atom stereocenters. The van der Waals surface area contributed by atoms with Gasteiger partial charge in [0.2, 0.25) is 11.8 Å². The predicted molar refractivity (Wildman–Crippen MR) is 93.1 cm³/mol. The van der Waals surface area contributed by atoms with Crippen molar-refractivity contribution in [1.82, 2.24) is 9.97 Å². The van der Waals surface area contributed by atoms with Crippen LogP contribution in [0.2, 0.25) is 0 Å². The Morgan fingerprint density at radius 1 is 1.38 bits per heavy atom. The quantitative estimate of drug-likeness (QED) is 0.654. The number of nitrogens with one attached hydrogen (secondary N) is 1. The maximum Gasteiger partial charge on any atom is 0.329 e. The van der Waals surface area contributed by atoms with E-state index >= 15 is 0 Å². The molecule has 126 valence electrons. The zero-order valence-corrected chi connectivity index (χ0v) is 13.5. The van der Waals surface area contributed by atoms with Crippen LogP contribution in [0.25, 0.3) is 0 Å². The maximum atomic E-state index is 10.8. The van der Waals surface area contributed by atoms with E-state index in [2.05, 4.69) is 40.4 Å². The van der Waals surface area contributed by atoms with Gasteiger partial charge in [0.1, 0.15) is 6.20 Å². The monoisotopic (exact) mass is 328 g/mol. The topological polar surface area (TPSA) is 110 Å². The molecule has 1 aromatic carbocycles. The van der Waals surface area contributed by atoms with Gasteiger partial charge >= 0.3 is 5.69 Å². The number of rotatable bonds is 4. The van der Waals surface area contributed by atoms with Gasteiger partial charge in [-0.25, -0.2) is 4.98 Å². The van der Waals surface area contributed by atoms with Gasteiger partial charge in [-0.1, -0.05) is 12.1 Å². The van der Waals surface area contributed by atoms with Crippen LogP contribution in [-0.4, -0.2) is 34.0 Å². The second kappa shape index (κ2) is 6.69. The number of nitro groups is 1. The lowest BCUT2D eigenvalue weighted by Crippen LogP contribution is -2.40. The number of aryl methyl sites for hydroxylation is 1. The van der Waals surface area contributed by atoms with Gasteiger partial charge < -0.3 is 16.0 Å². The Labute approximate surface area is 139 Å². The molecule has 3 rings (SSSR count). The van der Waals surface area contributed by atoms with E-state index in [4.69, 9.17) is 5.73 Å². The number of benzene rings is 1. The molecule has 2 heterocycles. The smallest absolute Gasteiger partial charge is 0.329 e. The lowest BCUT2D eigenvalue weighted by molar-refractivity contribution is -0.384. The minimum Gasteiger partial charge on any atom is -0.382 e. The van der Waals surface area contributed by atoms with Gasteiger partial charge in [-0.05, 0) is 37.5 Å². The van der Waals surface area contributed by atoms with Crippen LogP contribution in [-0.2, 0) is 0 Å². The van der Waals surface area contributed by atoms with Crippen molar-refractivity contribution >= 4 is 23.1 Å². The summed E-state index contributed by atoms with van der Waals surface area (Å²) in [5.74, 6) is 0.358.